The summed E-state index contributed by atoms with van der Waals surface area (Å²) in [4.78, 5) is 16.8. The Morgan fingerprint density at radius 1 is 0.800 bits per heavy atom. The van der Waals surface area contributed by atoms with Crippen molar-refractivity contribution in [2.75, 3.05) is 19.5 Å². The van der Waals surface area contributed by atoms with Gasteiger partial charge in [0.25, 0.3) is 0 Å². The van der Waals surface area contributed by atoms with E-state index in [2.05, 4.69) is 10.3 Å². The summed E-state index contributed by atoms with van der Waals surface area (Å²) in [6, 6.07) is 26.9. The number of anilines is 1. The number of carbonyl (C=O) groups is 1. The molecule has 0 radical (unpaired) electrons. The Morgan fingerprint density at radius 3 is 2.34 bits per heavy atom. The van der Waals surface area contributed by atoms with E-state index in [0.29, 0.717) is 29.4 Å². The first-order valence-electron chi connectivity index (χ1n) is 11.2. The van der Waals surface area contributed by atoms with Gasteiger partial charge in [-0.2, -0.15) is 0 Å². The van der Waals surface area contributed by atoms with Gasteiger partial charge in [0.1, 0.15) is 11.5 Å². The van der Waals surface area contributed by atoms with Gasteiger partial charge < -0.3 is 19.5 Å². The van der Waals surface area contributed by atoms with Crippen LogP contribution < -0.4 is 19.5 Å². The minimum atomic E-state index is -0.0490. The smallest absolute Gasteiger partial charge is 0.228 e. The van der Waals surface area contributed by atoms with E-state index >= 15 is 0 Å². The Bertz CT molecular complexity index is 1520. The van der Waals surface area contributed by atoms with Crippen molar-refractivity contribution in [1.29, 1.82) is 0 Å². The second-order valence-corrected chi connectivity index (χ2v) is 8.07. The van der Waals surface area contributed by atoms with E-state index < -0.39 is 0 Å². The van der Waals surface area contributed by atoms with Crippen LogP contribution in [0.4, 0.5) is 5.69 Å². The first kappa shape index (κ1) is 22.2. The zero-order valence-corrected chi connectivity index (χ0v) is 19.4. The number of rotatable bonds is 7. The van der Waals surface area contributed by atoms with Crippen LogP contribution in [0, 0.1) is 0 Å². The van der Waals surface area contributed by atoms with Gasteiger partial charge in [-0.25, -0.2) is 0 Å². The molecule has 35 heavy (non-hydrogen) atoms. The second kappa shape index (κ2) is 9.73. The Kier molecular flexibility index (Phi) is 6.18. The van der Waals surface area contributed by atoms with Gasteiger partial charge in [-0.3, -0.25) is 9.78 Å². The number of nitrogens with one attached hydrogen (secondary N) is 1. The van der Waals surface area contributed by atoms with Crippen LogP contribution >= 0.6 is 0 Å². The molecular weight excluding hydrogens is 440 g/mol. The molecule has 0 saturated heterocycles. The summed E-state index contributed by atoms with van der Waals surface area (Å²) in [6.45, 7) is 0. The number of hydrogen-bond donors (Lipinski definition) is 1. The summed E-state index contributed by atoms with van der Waals surface area (Å²) >= 11 is 0. The molecule has 6 heteroatoms. The Hall–Kier alpha value is -4.58. The Labute approximate surface area is 203 Å². The number of ether oxygens (including phenoxy) is 3. The maximum Gasteiger partial charge on any atom is 0.228 e. The largest absolute Gasteiger partial charge is 0.493 e. The van der Waals surface area contributed by atoms with Crippen molar-refractivity contribution in [1.82, 2.24) is 4.98 Å². The van der Waals surface area contributed by atoms with Crippen LogP contribution in [0.5, 0.6) is 23.0 Å². The minimum absolute atomic E-state index is 0.0490. The summed E-state index contributed by atoms with van der Waals surface area (Å²) in [5.41, 5.74) is 2.48. The number of carbonyl (C=O) groups excluding carboxylic acids is 1. The van der Waals surface area contributed by atoms with E-state index in [1.807, 2.05) is 84.9 Å². The van der Waals surface area contributed by atoms with E-state index in [0.717, 1.165) is 32.9 Å². The van der Waals surface area contributed by atoms with Crippen molar-refractivity contribution in [3.63, 3.8) is 0 Å². The molecular formula is C29H24N2O4. The molecule has 0 saturated carbocycles. The lowest BCUT2D eigenvalue weighted by atomic mass is 10.1. The van der Waals surface area contributed by atoms with Crippen LogP contribution in [0.15, 0.2) is 91.1 Å². The van der Waals surface area contributed by atoms with Crippen LogP contribution in [0.25, 0.3) is 21.7 Å². The molecule has 0 aliphatic heterocycles. The lowest BCUT2D eigenvalue weighted by Crippen LogP contribution is -2.14. The van der Waals surface area contributed by atoms with Crippen molar-refractivity contribution in [2.24, 2.45) is 0 Å². The first-order chi connectivity index (χ1) is 17.1. The summed E-state index contributed by atoms with van der Waals surface area (Å²) in [5, 5.41) is 5.80. The Balaban J connectivity index is 1.37. The minimum Gasteiger partial charge on any atom is -0.493 e. The third kappa shape index (κ3) is 4.87. The molecule has 1 amide bonds. The van der Waals surface area contributed by atoms with Gasteiger partial charge in [0, 0.05) is 23.3 Å². The number of amides is 1. The Morgan fingerprint density at radius 2 is 1.54 bits per heavy atom. The van der Waals surface area contributed by atoms with Gasteiger partial charge in [0.05, 0.1) is 26.2 Å². The SMILES string of the molecule is COc1cc2nccc(Oc3ccc4cc(NC(=O)Cc5ccccc5)ccc4c3)c2cc1OC. The number of benzene rings is 4. The topological polar surface area (TPSA) is 69.7 Å². The second-order valence-electron chi connectivity index (χ2n) is 8.07. The number of fused-ring (bicyclic) bond motifs is 2. The fourth-order valence-electron chi connectivity index (χ4n) is 4.01. The van der Waals surface area contributed by atoms with Gasteiger partial charge in [-0.1, -0.05) is 42.5 Å². The molecule has 1 heterocycles. The monoisotopic (exact) mass is 464 g/mol. The highest BCUT2D eigenvalue weighted by Crippen LogP contribution is 2.37. The molecule has 0 unspecified atom stereocenters. The maximum absolute atomic E-state index is 12.4. The zero-order valence-electron chi connectivity index (χ0n) is 19.4. The van der Waals surface area contributed by atoms with Crippen molar-refractivity contribution >= 4 is 33.3 Å². The van der Waals surface area contributed by atoms with Gasteiger partial charge in [0.15, 0.2) is 11.5 Å². The molecule has 0 spiro atoms. The zero-order chi connectivity index (χ0) is 24.2. The molecule has 1 N–H and O–H groups in total. The molecule has 0 atom stereocenters. The number of aromatic nitrogens is 1. The molecule has 0 bridgehead atoms. The van der Waals surface area contributed by atoms with Gasteiger partial charge >= 0.3 is 0 Å². The molecule has 6 nitrogen and oxygen atoms in total. The molecule has 0 aliphatic carbocycles. The van der Waals surface area contributed by atoms with Crippen LogP contribution in [0.3, 0.4) is 0 Å². The molecule has 4 aromatic carbocycles. The fraction of sp³-hybridized carbons (Fsp3) is 0.103. The van der Waals surface area contributed by atoms with Crippen molar-refractivity contribution in [3.8, 4) is 23.0 Å². The number of hydrogen-bond acceptors (Lipinski definition) is 5. The predicted molar refractivity (Wildman–Crippen MR) is 138 cm³/mol. The van der Waals surface area contributed by atoms with E-state index in [1.165, 1.54) is 0 Å². The molecule has 1 aromatic heterocycles. The highest BCUT2D eigenvalue weighted by Gasteiger charge is 2.12. The third-order valence-electron chi connectivity index (χ3n) is 5.74. The van der Waals surface area contributed by atoms with Gasteiger partial charge in [0.2, 0.25) is 5.91 Å². The van der Waals surface area contributed by atoms with E-state index in [1.54, 1.807) is 20.4 Å². The molecule has 0 aliphatic rings. The molecule has 5 rings (SSSR count). The van der Waals surface area contributed by atoms with Crippen LogP contribution in [-0.2, 0) is 11.2 Å². The molecule has 0 fully saturated rings. The van der Waals surface area contributed by atoms with E-state index in [-0.39, 0.29) is 5.91 Å². The van der Waals surface area contributed by atoms with Crippen LogP contribution in [0.1, 0.15) is 5.56 Å². The van der Waals surface area contributed by atoms with Crippen LogP contribution in [-0.4, -0.2) is 25.1 Å². The summed E-state index contributed by atoms with van der Waals surface area (Å²) in [5.74, 6) is 2.54. The lowest BCUT2D eigenvalue weighted by Gasteiger charge is -2.13. The van der Waals surface area contributed by atoms with Crippen molar-refractivity contribution in [3.05, 3.63) is 96.7 Å². The summed E-state index contributed by atoms with van der Waals surface area (Å²) in [6.07, 6.45) is 2.04. The van der Waals surface area contributed by atoms with Crippen molar-refractivity contribution < 1.29 is 19.0 Å². The predicted octanol–water partition coefficient (Wildman–Crippen LogP) is 6.38. The van der Waals surface area contributed by atoms with Gasteiger partial charge in [-0.15, -0.1) is 0 Å². The highest BCUT2D eigenvalue weighted by atomic mass is 16.5. The van der Waals surface area contributed by atoms with E-state index in [9.17, 15) is 4.79 Å². The quantitative estimate of drug-likeness (QED) is 0.303. The average molecular weight is 465 g/mol. The normalized spacial score (nSPS) is 10.8. The summed E-state index contributed by atoms with van der Waals surface area (Å²) < 4.78 is 17.1. The number of pyridine rings is 1. The third-order valence-corrected chi connectivity index (χ3v) is 5.74. The first-order valence-corrected chi connectivity index (χ1v) is 11.2. The van der Waals surface area contributed by atoms with Gasteiger partial charge in [-0.05, 0) is 52.7 Å². The number of nitrogens with zero attached hydrogens (tertiary/aromatic N) is 1. The maximum atomic E-state index is 12.4. The fourth-order valence-corrected chi connectivity index (χ4v) is 4.01. The number of methoxy groups -OCH3 is 2. The van der Waals surface area contributed by atoms with Crippen LogP contribution in [0.2, 0.25) is 0 Å². The average Bonchev–Trinajstić information content (AvgIpc) is 2.88. The lowest BCUT2D eigenvalue weighted by molar-refractivity contribution is -0.115. The van der Waals surface area contributed by atoms with E-state index in [4.69, 9.17) is 14.2 Å². The summed E-state index contributed by atoms with van der Waals surface area (Å²) in [7, 11) is 3.20. The van der Waals surface area contributed by atoms with Crippen molar-refractivity contribution in [2.45, 2.75) is 6.42 Å². The highest BCUT2D eigenvalue weighted by molar-refractivity contribution is 5.96. The molecule has 5 aromatic rings. The standard InChI is InChI=1S/C29H24N2O4/c1-33-27-17-24-25(18-28(27)34-2)30-13-12-26(24)35-23-11-9-20-15-22(10-8-21(20)16-23)31-29(32)14-19-6-4-3-5-7-19/h3-13,15-18H,14H2,1-2H3,(H,31,32). The molecule has 174 valence electrons.